The molecule has 2 heterocycles. The summed E-state index contributed by atoms with van der Waals surface area (Å²) in [6.45, 7) is 0.926. The SMILES string of the molecule is OC1CN(c2ncnc3c2CCCCC3)CC1O. The highest BCUT2D eigenvalue weighted by atomic mass is 16.3. The van der Waals surface area contributed by atoms with Crippen molar-refractivity contribution in [2.75, 3.05) is 18.0 Å². The first-order valence-corrected chi connectivity index (χ1v) is 6.69. The highest BCUT2D eigenvalue weighted by molar-refractivity contribution is 5.50. The van der Waals surface area contributed by atoms with Gasteiger partial charge in [0.1, 0.15) is 12.1 Å². The van der Waals surface area contributed by atoms with Gasteiger partial charge in [-0.05, 0) is 25.7 Å². The average Bonchev–Trinajstić information content (AvgIpc) is 2.59. The third kappa shape index (κ3) is 2.08. The van der Waals surface area contributed by atoms with Gasteiger partial charge in [0.25, 0.3) is 0 Å². The zero-order chi connectivity index (χ0) is 12.5. The monoisotopic (exact) mass is 249 g/mol. The Morgan fingerprint density at radius 3 is 2.50 bits per heavy atom. The molecule has 0 spiro atoms. The first-order chi connectivity index (χ1) is 8.75. The van der Waals surface area contributed by atoms with Gasteiger partial charge in [0.05, 0.1) is 12.2 Å². The molecular weight excluding hydrogens is 230 g/mol. The number of anilines is 1. The molecule has 2 aliphatic rings. The Kier molecular flexibility index (Phi) is 3.18. The van der Waals surface area contributed by atoms with Crippen LogP contribution in [0.1, 0.15) is 30.5 Å². The van der Waals surface area contributed by atoms with E-state index in [1.807, 2.05) is 4.90 Å². The average molecular weight is 249 g/mol. The van der Waals surface area contributed by atoms with Crippen LogP contribution in [-0.2, 0) is 12.8 Å². The molecule has 0 bridgehead atoms. The van der Waals surface area contributed by atoms with E-state index in [-0.39, 0.29) is 0 Å². The van der Waals surface area contributed by atoms with E-state index in [4.69, 9.17) is 0 Å². The molecule has 2 N–H and O–H groups in total. The third-order valence-electron chi connectivity index (χ3n) is 3.91. The summed E-state index contributed by atoms with van der Waals surface area (Å²) < 4.78 is 0. The number of aryl methyl sites for hydroxylation is 1. The van der Waals surface area contributed by atoms with Crippen LogP contribution in [0.5, 0.6) is 0 Å². The molecule has 1 saturated heterocycles. The maximum atomic E-state index is 9.65. The Morgan fingerprint density at radius 2 is 1.72 bits per heavy atom. The quantitative estimate of drug-likeness (QED) is 0.700. The smallest absolute Gasteiger partial charge is 0.135 e. The zero-order valence-corrected chi connectivity index (χ0v) is 10.4. The van der Waals surface area contributed by atoms with Crippen molar-refractivity contribution in [3.05, 3.63) is 17.6 Å². The molecule has 2 unspecified atom stereocenters. The van der Waals surface area contributed by atoms with Crippen molar-refractivity contribution >= 4 is 5.82 Å². The number of hydrogen-bond acceptors (Lipinski definition) is 5. The van der Waals surface area contributed by atoms with E-state index < -0.39 is 12.2 Å². The van der Waals surface area contributed by atoms with Crippen molar-refractivity contribution in [3.8, 4) is 0 Å². The molecule has 2 atom stereocenters. The second-order valence-electron chi connectivity index (χ2n) is 5.22. The van der Waals surface area contributed by atoms with E-state index in [0.29, 0.717) is 13.1 Å². The molecule has 3 rings (SSSR count). The molecule has 0 aromatic carbocycles. The lowest BCUT2D eigenvalue weighted by Crippen LogP contribution is -2.24. The van der Waals surface area contributed by atoms with Crippen molar-refractivity contribution in [2.24, 2.45) is 0 Å². The minimum atomic E-state index is -0.665. The Bertz CT molecular complexity index is 428. The standard InChI is InChI=1S/C13H19N3O2/c17-11-6-16(7-12(11)18)13-9-4-2-1-3-5-10(9)14-8-15-13/h8,11-12,17-18H,1-7H2. The molecule has 1 aromatic heterocycles. The molecular formula is C13H19N3O2. The van der Waals surface area contributed by atoms with Crippen LogP contribution in [0.4, 0.5) is 5.82 Å². The van der Waals surface area contributed by atoms with Gasteiger partial charge in [0, 0.05) is 24.3 Å². The molecule has 98 valence electrons. The first kappa shape index (κ1) is 11.9. The normalized spacial score (nSPS) is 28.0. The van der Waals surface area contributed by atoms with Gasteiger partial charge in [0.2, 0.25) is 0 Å². The largest absolute Gasteiger partial charge is 0.389 e. The van der Waals surface area contributed by atoms with Crippen molar-refractivity contribution in [2.45, 2.75) is 44.3 Å². The number of rotatable bonds is 1. The summed E-state index contributed by atoms with van der Waals surface area (Å²) in [5.74, 6) is 0.914. The third-order valence-corrected chi connectivity index (χ3v) is 3.91. The lowest BCUT2D eigenvalue weighted by molar-refractivity contribution is 0.0572. The summed E-state index contributed by atoms with van der Waals surface area (Å²) in [5.41, 5.74) is 2.37. The molecule has 1 fully saturated rings. The van der Waals surface area contributed by atoms with Gasteiger partial charge in [-0.1, -0.05) is 6.42 Å². The van der Waals surface area contributed by atoms with Crippen LogP contribution < -0.4 is 4.90 Å². The van der Waals surface area contributed by atoms with Crippen LogP contribution in [0, 0.1) is 0 Å². The van der Waals surface area contributed by atoms with Crippen molar-refractivity contribution in [3.63, 3.8) is 0 Å². The predicted molar refractivity (Wildman–Crippen MR) is 67.5 cm³/mol. The zero-order valence-electron chi connectivity index (χ0n) is 10.4. The van der Waals surface area contributed by atoms with E-state index in [9.17, 15) is 10.2 Å². The number of fused-ring (bicyclic) bond motifs is 1. The minimum absolute atomic E-state index is 0.463. The number of nitrogens with zero attached hydrogens (tertiary/aromatic N) is 3. The molecule has 1 aliphatic heterocycles. The lowest BCUT2D eigenvalue weighted by atomic mass is 10.1. The number of aromatic nitrogens is 2. The van der Waals surface area contributed by atoms with Gasteiger partial charge in [-0.3, -0.25) is 0 Å². The second-order valence-corrected chi connectivity index (χ2v) is 5.22. The van der Waals surface area contributed by atoms with E-state index in [1.54, 1.807) is 6.33 Å². The molecule has 0 amide bonds. The van der Waals surface area contributed by atoms with E-state index in [2.05, 4.69) is 9.97 Å². The van der Waals surface area contributed by atoms with Gasteiger partial charge in [0.15, 0.2) is 0 Å². The number of β-amino-alcohol motifs (C(OH)–C–C–N with tert-alkyl or cyclic N) is 2. The number of aliphatic hydroxyl groups excluding tert-OH is 2. The van der Waals surface area contributed by atoms with Crippen LogP contribution in [0.3, 0.4) is 0 Å². The molecule has 18 heavy (non-hydrogen) atoms. The molecule has 1 aliphatic carbocycles. The van der Waals surface area contributed by atoms with Gasteiger partial charge < -0.3 is 15.1 Å². The second kappa shape index (κ2) is 4.82. The maximum absolute atomic E-state index is 9.65. The Morgan fingerprint density at radius 1 is 1.00 bits per heavy atom. The van der Waals surface area contributed by atoms with Crippen molar-refractivity contribution in [1.29, 1.82) is 0 Å². The summed E-state index contributed by atoms with van der Waals surface area (Å²) in [7, 11) is 0. The molecule has 0 saturated carbocycles. The van der Waals surface area contributed by atoms with E-state index >= 15 is 0 Å². The summed E-state index contributed by atoms with van der Waals surface area (Å²) >= 11 is 0. The summed E-state index contributed by atoms with van der Waals surface area (Å²) in [4.78, 5) is 10.8. The Labute approximate surface area is 106 Å². The highest BCUT2D eigenvalue weighted by Gasteiger charge is 2.32. The van der Waals surface area contributed by atoms with Crippen molar-refractivity contribution in [1.82, 2.24) is 9.97 Å². The summed E-state index contributed by atoms with van der Waals surface area (Å²) in [6, 6.07) is 0. The maximum Gasteiger partial charge on any atom is 0.135 e. The van der Waals surface area contributed by atoms with Gasteiger partial charge in [-0.2, -0.15) is 0 Å². The van der Waals surface area contributed by atoms with E-state index in [0.717, 1.165) is 24.4 Å². The molecule has 0 radical (unpaired) electrons. The van der Waals surface area contributed by atoms with Crippen LogP contribution in [0.2, 0.25) is 0 Å². The highest BCUT2D eigenvalue weighted by Crippen LogP contribution is 2.28. The topological polar surface area (TPSA) is 69.5 Å². The molecule has 5 heteroatoms. The van der Waals surface area contributed by atoms with Crippen LogP contribution in [0.15, 0.2) is 6.33 Å². The van der Waals surface area contributed by atoms with Gasteiger partial charge in [-0.25, -0.2) is 9.97 Å². The van der Waals surface area contributed by atoms with Crippen LogP contribution in [-0.4, -0.2) is 45.5 Å². The fourth-order valence-corrected chi connectivity index (χ4v) is 2.90. The van der Waals surface area contributed by atoms with E-state index in [1.165, 1.54) is 24.8 Å². The summed E-state index contributed by atoms with van der Waals surface area (Å²) in [5, 5.41) is 19.3. The van der Waals surface area contributed by atoms with Gasteiger partial charge in [-0.15, -0.1) is 0 Å². The molecule has 1 aromatic rings. The van der Waals surface area contributed by atoms with Crippen molar-refractivity contribution < 1.29 is 10.2 Å². The lowest BCUT2D eigenvalue weighted by Gasteiger charge is -2.20. The fraction of sp³-hybridized carbons (Fsp3) is 0.692. The fourth-order valence-electron chi connectivity index (χ4n) is 2.90. The predicted octanol–water partition coefficient (Wildman–Crippen LogP) is 0.287. The van der Waals surface area contributed by atoms with Crippen LogP contribution in [0.25, 0.3) is 0 Å². The Hall–Kier alpha value is -1.20. The summed E-state index contributed by atoms with van der Waals surface area (Å²) in [6.07, 6.45) is 5.90. The Balaban J connectivity index is 1.93. The number of aliphatic hydroxyl groups is 2. The van der Waals surface area contributed by atoms with Crippen LogP contribution >= 0.6 is 0 Å². The minimum Gasteiger partial charge on any atom is -0.389 e. The molecule has 5 nitrogen and oxygen atoms in total. The first-order valence-electron chi connectivity index (χ1n) is 6.69. The number of hydrogen-bond donors (Lipinski definition) is 2. The van der Waals surface area contributed by atoms with Gasteiger partial charge >= 0.3 is 0 Å².